The summed E-state index contributed by atoms with van der Waals surface area (Å²) in [5.41, 5.74) is 11.9. The zero-order valence-electron chi connectivity index (χ0n) is 35.3. The van der Waals surface area contributed by atoms with Gasteiger partial charge in [-0.25, -0.2) is 9.59 Å². The van der Waals surface area contributed by atoms with Crippen molar-refractivity contribution < 1.29 is 47.5 Å². The van der Waals surface area contributed by atoms with Crippen LogP contribution in [0.5, 0.6) is 23.0 Å². The molecule has 0 N–H and O–H groups in total. The van der Waals surface area contributed by atoms with Crippen LogP contribution in [-0.4, -0.2) is 89.3 Å². The summed E-state index contributed by atoms with van der Waals surface area (Å²) in [6, 6.07) is 15.9. The summed E-state index contributed by atoms with van der Waals surface area (Å²) < 4.78 is 46.9. The Morgan fingerprint density at radius 2 is 0.729 bits per heavy atom. The molecule has 4 aromatic carbocycles. The van der Waals surface area contributed by atoms with Gasteiger partial charge in [0.25, 0.3) is 0 Å². The molecule has 4 atom stereocenters. The van der Waals surface area contributed by atoms with Crippen LogP contribution in [0.2, 0.25) is 0 Å². The molecule has 0 spiro atoms. The number of hydrogen-bond donors (Lipinski definition) is 0. The summed E-state index contributed by atoms with van der Waals surface area (Å²) in [6.07, 6.45) is -0.555. The van der Waals surface area contributed by atoms with Crippen molar-refractivity contribution in [2.45, 2.75) is 86.2 Å². The van der Waals surface area contributed by atoms with Gasteiger partial charge in [0.1, 0.15) is 61.6 Å². The highest BCUT2D eigenvalue weighted by molar-refractivity contribution is 5.90. The Morgan fingerprint density at radius 1 is 0.458 bits per heavy atom. The van der Waals surface area contributed by atoms with Crippen LogP contribution in [0.1, 0.15) is 55.6 Å². The molecule has 59 heavy (non-hydrogen) atoms. The predicted molar refractivity (Wildman–Crippen MR) is 223 cm³/mol. The van der Waals surface area contributed by atoms with Gasteiger partial charge in [-0.3, -0.25) is 9.80 Å². The van der Waals surface area contributed by atoms with Gasteiger partial charge in [0.15, 0.2) is 12.2 Å². The summed E-state index contributed by atoms with van der Waals surface area (Å²) in [6.45, 7) is 20.2. The molecule has 0 aromatic heterocycles. The molecule has 0 radical (unpaired) electrons. The first kappa shape index (κ1) is 40.3. The molecular formula is C47H54N2O10. The van der Waals surface area contributed by atoms with Crippen molar-refractivity contribution in [3.05, 3.63) is 104 Å². The molecule has 4 aliphatic rings. The normalized spacial score (nSPS) is 20.7. The van der Waals surface area contributed by atoms with Crippen LogP contribution in [0.25, 0.3) is 0 Å². The van der Waals surface area contributed by atoms with E-state index >= 15 is 0 Å². The molecule has 4 heterocycles. The maximum Gasteiger partial charge on any atom is 0.414 e. The average molecular weight is 807 g/mol. The fourth-order valence-electron chi connectivity index (χ4n) is 7.85. The monoisotopic (exact) mass is 806 g/mol. The van der Waals surface area contributed by atoms with Crippen LogP contribution in [0, 0.1) is 55.4 Å². The van der Waals surface area contributed by atoms with Crippen molar-refractivity contribution in [2.24, 2.45) is 0 Å². The molecule has 12 heteroatoms. The standard InChI is InChI=1S/C47H54N2O10/c1-26-30(5)44(56-24-40-22-52-40)31(6)27(2)42(26)54-20-38-18-48(46(50)58-38)36-13-9-34(10-14-36)17-35-11-15-37(16-12-35)49-19-39(59-47(49)51)21-55-43-28(3)32(7)45(33(8)29(43)4)57-25-41-23-53-41/h9-16,38-41H,17-25H2,1-8H3. The van der Waals surface area contributed by atoms with Crippen molar-refractivity contribution in [1.29, 1.82) is 0 Å². The van der Waals surface area contributed by atoms with E-state index in [1.54, 1.807) is 9.80 Å². The van der Waals surface area contributed by atoms with Crippen molar-refractivity contribution in [1.82, 2.24) is 0 Å². The van der Waals surface area contributed by atoms with Crippen molar-refractivity contribution in [3.63, 3.8) is 0 Å². The number of carbonyl (C=O) groups is 2. The third-order valence-corrected chi connectivity index (χ3v) is 12.1. The molecule has 2 amide bonds. The summed E-state index contributed by atoms with van der Waals surface area (Å²) >= 11 is 0. The lowest BCUT2D eigenvalue weighted by molar-refractivity contribution is 0.104. The molecule has 312 valence electrons. The van der Waals surface area contributed by atoms with Gasteiger partial charge in [0, 0.05) is 11.4 Å². The predicted octanol–water partition coefficient (Wildman–Crippen LogP) is 8.11. The van der Waals surface area contributed by atoms with Gasteiger partial charge in [0.05, 0.1) is 26.3 Å². The molecule has 0 saturated carbocycles. The van der Waals surface area contributed by atoms with Gasteiger partial charge < -0.3 is 37.9 Å². The highest BCUT2D eigenvalue weighted by Crippen LogP contribution is 2.40. The second-order valence-electron chi connectivity index (χ2n) is 16.2. The Bertz CT molecular complexity index is 2010. The number of carbonyl (C=O) groups excluding carboxylic acids is 2. The minimum atomic E-state index is -0.411. The van der Waals surface area contributed by atoms with Crippen LogP contribution in [0.4, 0.5) is 21.0 Å². The Labute approximate surface area is 346 Å². The molecule has 4 unspecified atom stereocenters. The Kier molecular flexibility index (Phi) is 11.4. The van der Waals surface area contributed by atoms with E-state index in [1.807, 2.05) is 104 Å². The molecule has 12 nitrogen and oxygen atoms in total. The molecule has 4 aliphatic heterocycles. The van der Waals surface area contributed by atoms with E-state index in [0.717, 1.165) is 103 Å². The van der Waals surface area contributed by atoms with E-state index in [2.05, 4.69) is 0 Å². The molecule has 0 bridgehead atoms. The van der Waals surface area contributed by atoms with Gasteiger partial charge in [-0.2, -0.15) is 0 Å². The van der Waals surface area contributed by atoms with Gasteiger partial charge in [-0.15, -0.1) is 0 Å². The first-order chi connectivity index (χ1) is 28.4. The van der Waals surface area contributed by atoms with Gasteiger partial charge in [-0.1, -0.05) is 24.3 Å². The van der Waals surface area contributed by atoms with E-state index < -0.39 is 24.4 Å². The minimum Gasteiger partial charge on any atom is -0.490 e. The molecule has 4 saturated heterocycles. The topological polar surface area (TPSA) is 121 Å². The fourth-order valence-corrected chi connectivity index (χ4v) is 7.85. The summed E-state index contributed by atoms with van der Waals surface area (Å²) in [5.74, 6) is 3.37. The van der Waals surface area contributed by atoms with Crippen LogP contribution in [0.3, 0.4) is 0 Å². The van der Waals surface area contributed by atoms with E-state index in [4.69, 9.17) is 37.9 Å². The SMILES string of the molecule is Cc1c(C)c(OCC2CN(c3ccc(Cc4ccc(N5CC(COc6c(C)c(C)c(OCC7CO7)c(C)c6C)OC5=O)cc4)cc3)C(=O)O2)c(C)c(C)c1OCC1CO1. The van der Waals surface area contributed by atoms with Gasteiger partial charge in [-0.05, 0) is 142 Å². The zero-order valence-corrected chi connectivity index (χ0v) is 35.3. The summed E-state index contributed by atoms with van der Waals surface area (Å²) in [5, 5.41) is 0. The van der Waals surface area contributed by atoms with Crippen LogP contribution >= 0.6 is 0 Å². The van der Waals surface area contributed by atoms with Crippen molar-refractivity contribution in [2.75, 3.05) is 62.5 Å². The summed E-state index contributed by atoms with van der Waals surface area (Å²) in [4.78, 5) is 29.2. The Morgan fingerprint density at radius 3 is 1.00 bits per heavy atom. The number of benzene rings is 4. The maximum absolute atomic E-state index is 12.9. The van der Waals surface area contributed by atoms with E-state index in [-0.39, 0.29) is 25.4 Å². The Hall–Kier alpha value is -5.46. The summed E-state index contributed by atoms with van der Waals surface area (Å²) in [7, 11) is 0. The fraction of sp³-hybridized carbons (Fsp3) is 0.447. The molecule has 0 aliphatic carbocycles. The number of amides is 2. The van der Waals surface area contributed by atoms with Gasteiger partial charge in [0.2, 0.25) is 0 Å². The van der Waals surface area contributed by atoms with Gasteiger partial charge >= 0.3 is 12.2 Å². The average Bonchev–Trinajstić information content (AvgIpc) is 4.17. The van der Waals surface area contributed by atoms with E-state index in [1.165, 1.54) is 0 Å². The highest BCUT2D eigenvalue weighted by Gasteiger charge is 2.35. The third kappa shape index (κ3) is 8.65. The van der Waals surface area contributed by atoms with Crippen LogP contribution in [0.15, 0.2) is 48.5 Å². The number of nitrogens with zero attached hydrogens (tertiary/aromatic N) is 2. The highest BCUT2D eigenvalue weighted by atomic mass is 16.6. The quantitative estimate of drug-likeness (QED) is 0.103. The number of cyclic esters (lactones) is 2. The number of ether oxygens (including phenoxy) is 8. The molecule has 8 rings (SSSR count). The van der Waals surface area contributed by atoms with E-state index in [0.29, 0.717) is 32.7 Å². The minimum absolute atomic E-state index is 0.180. The lowest BCUT2D eigenvalue weighted by atomic mass is 9.98. The molecular weight excluding hydrogens is 753 g/mol. The third-order valence-electron chi connectivity index (χ3n) is 12.1. The van der Waals surface area contributed by atoms with Crippen LogP contribution in [-0.2, 0) is 25.4 Å². The number of anilines is 2. The lowest BCUT2D eigenvalue weighted by Gasteiger charge is -2.21. The largest absolute Gasteiger partial charge is 0.490 e. The second kappa shape index (κ2) is 16.7. The Balaban J connectivity index is 0.824. The van der Waals surface area contributed by atoms with Crippen LogP contribution < -0.4 is 28.7 Å². The zero-order chi connectivity index (χ0) is 41.5. The van der Waals surface area contributed by atoms with Crippen molar-refractivity contribution in [3.8, 4) is 23.0 Å². The first-order valence-corrected chi connectivity index (χ1v) is 20.5. The second-order valence-corrected chi connectivity index (χ2v) is 16.2. The first-order valence-electron chi connectivity index (χ1n) is 20.5. The lowest BCUT2D eigenvalue weighted by Crippen LogP contribution is -2.26. The molecule has 4 fully saturated rings. The molecule has 4 aromatic rings. The number of epoxide rings is 2. The number of rotatable bonds is 16. The smallest absolute Gasteiger partial charge is 0.414 e. The number of hydrogen-bond acceptors (Lipinski definition) is 10. The maximum atomic E-state index is 12.9. The van der Waals surface area contributed by atoms with E-state index in [9.17, 15) is 9.59 Å². The van der Waals surface area contributed by atoms with Crippen molar-refractivity contribution >= 4 is 23.6 Å².